The number of anilines is 1. The SMILES string of the molecule is CCOC(=O)CNC(=O)Nc1cccc([C@H]2O[C@@H](CN3[C@@H](C(=O)NC(C)(C)C)CC[C@H]4CCCC[C@H]43)[C@@H](C)[C@@H](c3ccc(CO)cc3)O2)c1. The Labute approximate surface area is 290 Å². The number of aliphatic hydroxyl groups excluding tert-OH is 1. The van der Waals surface area contributed by atoms with E-state index < -0.39 is 18.3 Å². The van der Waals surface area contributed by atoms with Gasteiger partial charge in [-0.3, -0.25) is 14.5 Å². The van der Waals surface area contributed by atoms with Gasteiger partial charge in [-0.1, -0.05) is 56.2 Å². The molecule has 7 atom stereocenters. The maximum absolute atomic E-state index is 13.8. The Balaban J connectivity index is 1.41. The van der Waals surface area contributed by atoms with Crippen molar-refractivity contribution in [3.8, 4) is 0 Å². The Kier molecular flexibility index (Phi) is 12.4. The van der Waals surface area contributed by atoms with Gasteiger partial charge in [-0.15, -0.1) is 0 Å². The lowest BCUT2D eigenvalue weighted by Crippen LogP contribution is -2.61. The summed E-state index contributed by atoms with van der Waals surface area (Å²) in [5, 5.41) is 18.2. The van der Waals surface area contributed by atoms with Crippen LogP contribution in [-0.4, -0.2) is 71.3 Å². The molecule has 0 bridgehead atoms. The van der Waals surface area contributed by atoms with Gasteiger partial charge < -0.3 is 35.3 Å². The maximum atomic E-state index is 13.8. The lowest BCUT2D eigenvalue weighted by Gasteiger charge is -2.51. The van der Waals surface area contributed by atoms with E-state index in [9.17, 15) is 19.5 Å². The molecule has 3 amide bonds. The number of fused-ring (bicyclic) bond motifs is 1. The van der Waals surface area contributed by atoms with Gasteiger partial charge in [0.25, 0.3) is 0 Å². The molecule has 3 aliphatic rings. The Bertz CT molecular complexity index is 1430. The number of esters is 1. The Morgan fingerprint density at radius 1 is 0.980 bits per heavy atom. The maximum Gasteiger partial charge on any atom is 0.325 e. The normalized spacial score (nSPS) is 27.4. The summed E-state index contributed by atoms with van der Waals surface area (Å²) in [5.74, 6) is 0.0726. The predicted molar refractivity (Wildman–Crippen MR) is 186 cm³/mol. The van der Waals surface area contributed by atoms with Gasteiger partial charge in [0.05, 0.1) is 31.5 Å². The number of rotatable bonds is 10. The van der Waals surface area contributed by atoms with Crippen LogP contribution in [-0.2, 0) is 30.4 Å². The minimum atomic E-state index is -0.748. The van der Waals surface area contributed by atoms with E-state index in [2.05, 4.69) is 27.8 Å². The van der Waals surface area contributed by atoms with Crippen LogP contribution in [0.3, 0.4) is 0 Å². The third kappa shape index (κ3) is 9.60. The van der Waals surface area contributed by atoms with E-state index in [-0.39, 0.29) is 55.4 Å². The summed E-state index contributed by atoms with van der Waals surface area (Å²) >= 11 is 0. The minimum absolute atomic E-state index is 0.0432. The average Bonchev–Trinajstić information content (AvgIpc) is 3.08. The molecule has 11 nitrogen and oxygen atoms in total. The molecule has 0 unspecified atom stereocenters. The van der Waals surface area contributed by atoms with Crippen LogP contribution in [0.5, 0.6) is 0 Å². The van der Waals surface area contributed by atoms with E-state index in [4.69, 9.17) is 14.2 Å². The van der Waals surface area contributed by atoms with Crippen molar-refractivity contribution in [2.24, 2.45) is 11.8 Å². The van der Waals surface area contributed by atoms with E-state index in [1.165, 1.54) is 12.8 Å². The fourth-order valence-corrected chi connectivity index (χ4v) is 7.57. The molecule has 1 aliphatic carbocycles. The Morgan fingerprint density at radius 3 is 2.45 bits per heavy atom. The summed E-state index contributed by atoms with van der Waals surface area (Å²) < 4.78 is 18.4. The van der Waals surface area contributed by atoms with E-state index >= 15 is 0 Å². The van der Waals surface area contributed by atoms with Crippen LogP contribution in [0.4, 0.5) is 10.5 Å². The van der Waals surface area contributed by atoms with Crippen LogP contribution in [0.2, 0.25) is 0 Å². The Hall–Kier alpha value is -3.51. The largest absolute Gasteiger partial charge is 0.465 e. The first kappa shape index (κ1) is 36.8. The first-order valence-corrected chi connectivity index (χ1v) is 17.8. The lowest BCUT2D eigenvalue weighted by molar-refractivity contribution is -0.278. The number of likely N-dealkylation sites (tertiary alicyclic amines) is 1. The summed E-state index contributed by atoms with van der Waals surface area (Å²) in [6.07, 6.45) is 5.19. The van der Waals surface area contributed by atoms with Crippen molar-refractivity contribution in [2.45, 2.75) is 116 Å². The van der Waals surface area contributed by atoms with E-state index in [0.717, 1.165) is 42.4 Å². The molecular formula is C38H54N4O7. The van der Waals surface area contributed by atoms with Crippen LogP contribution in [0, 0.1) is 11.8 Å². The van der Waals surface area contributed by atoms with Gasteiger partial charge in [0.2, 0.25) is 5.91 Å². The zero-order valence-electron chi connectivity index (χ0n) is 29.6. The van der Waals surface area contributed by atoms with Crippen LogP contribution < -0.4 is 16.0 Å². The second-order valence-corrected chi connectivity index (χ2v) is 14.7. The van der Waals surface area contributed by atoms with Crippen molar-refractivity contribution in [1.82, 2.24) is 15.5 Å². The van der Waals surface area contributed by atoms with Crippen molar-refractivity contribution in [2.75, 3.05) is 25.0 Å². The molecular weight excluding hydrogens is 624 g/mol. The van der Waals surface area contributed by atoms with Crippen molar-refractivity contribution in [3.05, 3.63) is 65.2 Å². The standard InChI is InChI=1S/C38H54N4O7/c1-6-47-33(44)21-39-37(46)40-29-12-9-11-28(20-29)36-48-32(24(2)34(49-36)27-16-14-25(23-43)15-17-27)22-42-30-13-8-7-10-26(30)18-19-31(42)35(45)41-38(3,4)5/h9,11-12,14-17,20,24,26,30-32,34,36,43H,6-8,10,13,18-19,21-23H2,1-5H3,(H,41,45)(H2,39,40,46)/t24-,26-,30-,31-,32+,34+,36+/m1/s1. The molecule has 11 heteroatoms. The lowest BCUT2D eigenvalue weighted by atomic mass is 9.75. The summed E-state index contributed by atoms with van der Waals surface area (Å²) in [6, 6.07) is 14.7. The van der Waals surface area contributed by atoms with Gasteiger partial charge in [0.15, 0.2) is 6.29 Å². The first-order chi connectivity index (χ1) is 23.5. The number of urea groups is 1. The molecule has 2 heterocycles. The number of amides is 3. The molecule has 5 rings (SSSR count). The highest BCUT2D eigenvalue weighted by atomic mass is 16.7. The number of hydrogen-bond acceptors (Lipinski definition) is 8. The van der Waals surface area contributed by atoms with Gasteiger partial charge >= 0.3 is 12.0 Å². The number of carbonyl (C=O) groups excluding carboxylic acids is 3. The van der Waals surface area contributed by atoms with Crippen LogP contribution in [0.15, 0.2) is 48.5 Å². The number of carbonyl (C=O) groups is 3. The molecule has 268 valence electrons. The molecule has 1 saturated carbocycles. The van der Waals surface area contributed by atoms with Crippen LogP contribution in [0.1, 0.15) is 102 Å². The van der Waals surface area contributed by atoms with Crippen LogP contribution >= 0.6 is 0 Å². The first-order valence-electron chi connectivity index (χ1n) is 17.8. The monoisotopic (exact) mass is 678 g/mol. The van der Waals surface area contributed by atoms with E-state index in [1.54, 1.807) is 13.0 Å². The molecule has 3 fully saturated rings. The van der Waals surface area contributed by atoms with Crippen molar-refractivity contribution in [3.63, 3.8) is 0 Å². The number of benzene rings is 2. The van der Waals surface area contributed by atoms with Crippen molar-refractivity contribution >= 4 is 23.6 Å². The number of hydrogen-bond donors (Lipinski definition) is 4. The molecule has 49 heavy (non-hydrogen) atoms. The molecule has 0 spiro atoms. The van der Waals surface area contributed by atoms with Crippen LogP contribution in [0.25, 0.3) is 0 Å². The van der Waals surface area contributed by atoms with Gasteiger partial charge in [-0.05, 0) is 82.6 Å². The highest BCUT2D eigenvalue weighted by Crippen LogP contribution is 2.44. The second kappa shape index (κ2) is 16.5. The third-order valence-corrected chi connectivity index (χ3v) is 9.94. The highest BCUT2D eigenvalue weighted by molar-refractivity contribution is 5.91. The van der Waals surface area contributed by atoms with Gasteiger partial charge in [-0.2, -0.15) is 0 Å². The molecule has 2 aliphatic heterocycles. The summed E-state index contributed by atoms with van der Waals surface area (Å²) in [7, 11) is 0. The number of aliphatic hydroxyl groups is 1. The molecule has 4 N–H and O–H groups in total. The van der Waals surface area contributed by atoms with E-state index in [0.29, 0.717) is 24.2 Å². The second-order valence-electron chi connectivity index (χ2n) is 14.7. The number of nitrogens with zero attached hydrogens (tertiary/aromatic N) is 1. The zero-order chi connectivity index (χ0) is 35.1. The van der Waals surface area contributed by atoms with E-state index in [1.807, 2.05) is 63.2 Å². The molecule has 0 radical (unpaired) electrons. The van der Waals surface area contributed by atoms with Crippen molar-refractivity contribution < 1.29 is 33.7 Å². The minimum Gasteiger partial charge on any atom is -0.465 e. The number of ether oxygens (including phenoxy) is 3. The summed E-state index contributed by atoms with van der Waals surface area (Å²) in [4.78, 5) is 40.5. The van der Waals surface area contributed by atoms with Gasteiger partial charge in [-0.25, -0.2) is 4.79 Å². The molecule has 2 aromatic carbocycles. The number of nitrogens with one attached hydrogen (secondary N) is 3. The quantitative estimate of drug-likeness (QED) is 0.239. The van der Waals surface area contributed by atoms with Crippen molar-refractivity contribution in [1.29, 1.82) is 0 Å². The molecule has 2 aromatic rings. The predicted octanol–water partition coefficient (Wildman–Crippen LogP) is 5.59. The summed E-state index contributed by atoms with van der Waals surface area (Å²) in [6.45, 7) is 10.5. The molecule has 0 aromatic heterocycles. The fraction of sp³-hybridized carbons (Fsp3) is 0.605. The highest BCUT2D eigenvalue weighted by Gasteiger charge is 2.46. The number of piperidine rings is 1. The topological polar surface area (TPSA) is 138 Å². The zero-order valence-corrected chi connectivity index (χ0v) is 29.6. The Morgan fingerprint density at radius 2 is 1.73 bits per heavy atom. The molecule has 2 saturated heterocycles. The fourth-order valence-electron chi connectivity index (χ4n) is 7.57. The van der Waals surface area contributed by atoms with Gasteiger partial charge in [0.1, 0.15) is 6.54 Å². The van der Waals surface area contributed by atoms with Gasteiger partial charge in [0, 0.05) is 35.3 Å². The summed E-state index contributed by atoms with van der Waals surface area (Å²) in [5.41, 5.74) is 2.71. The average molecular weight is 679 g/mol. The third-order valence-electron chi connectivity index (χ3n) is 9.94. The smallest absolute Gasteiger partial charge is 0.325 e.